The molecule has 94 valence electrons. The SMILES string of the molecule is CC1(CNCc2cc(F)c(F)cc2F)COC1. The van der Waals surface area contributed by atoms with Gasteiger partial charge in [0, 0.05) is 30.1 Å². The first-order chi connectivity index (χ1) is 8.00. The second-order valence-corrected chi connectivity index (χ2v) is 4.76. The Morgan fingerprint density at radius 1 is 1.18 bits per heavy atom. The molecular formula is C12H14F3NO. The molecule has 0 unspecified atom stereocenters. The lowest BCUT2D eigenvalue weighted by Gasteiger charge is -2.38. The predicted octanol–water partition coefficient (Wildman–Crippen LogP) is 2.23. The number of rotatable bonds is 4. The van der Waals surface area contributed by atoms with Gasteiger partial charge in [-0.1, -0.05) is 6.92 Å². The number of nitrogens with one attached hydrogen (secondary N) is 1. The van der Waals surface area contributed by atoms with E-state index in [1.165, 1.54) is 0 Å². The van der Waals surface area contributed by atoms with Gasteiger partial charge in [-0.05, 0) is 6.07 Å². The maximum absolute atomic E-state index is 13.3. The Morgan fingerprint density at radius 2 is 1.82 bits per heavy atom. The van der Waals surface area contributed by atoms with Crippen molar-refractivity contribution in [2.75, 3.05) is 19.8 Å². The van der Waals surface area contributed by atoms with Crippen molar-refractivity contribution in [1.82, 2.24) is 5.32 Å². The van der Waals surface area contributed by atoms with Gasteiger partial charge in [-0.3, -0.25) is 0 Å². The van der Waals surface area contributed by atoms with Crippen molar-refractivity contribution < 1.29 is 17.9 Å². The molecule has 1 N–H and O–H groups in total. The maximum Gasteiger partial charge on any atom is 0.161 e. The molecule has 2 rings (SSSR count). The standard InChI is InChI=1S/C12H14F3NO/c1-12(6-17-7-12)5-16-4-8-2-10(14)11(15)3-9(8)13/h2-3,16H,4-7H2,1H3. The Morgan fingerprint density at radius 3 is 2.41 bits per heavy atom. The number of hydrogen-bond acceptors (Lipinski definition) is 2. The highest BCUT2D eigenvalue weighted by Gasteiger charge is 2.32. The molecule has 1 aromatic rings. The van der Waals surface area contributed by atoms with Crippen LogP contribution in [0.2, 0.25) is 0 Å². The molecule has 1 aliphatic rings. The van der Waals surface area contributed by atoms with Crippen molar-refractivity contribution in [2.24, 2.45) is 5.41 Å². The second kappa shape index (κ2) is 4.66. The van der Waals surface area contributed by atoms with Crippen molar-refractivity contribution in [3.8, 4) is 0 Å². The third kappa shape index (κ3) is 2.79. The zero-order chi connectivity index (χ0) is 12.5. The van der Waals surface area contributed by atoms with E-state index in [1.54, 1.807) is 0 Å². The van der Waals surface area contributed by atoms with Crippen molar-refractivity contribution >= 4 is 0 Å². The molecule has 17 heavy (non-hydrogen) atoms. The van der Waals surface area contributed by atoms with Crippen LogP contribution in [0.4, 0.5) is 13.2 Å². The fourth-order valence-corrected chi connectivity index (χ4v) is 1.75. The van der Waals surface area contributed by atoms with Crippen molar-refractivity contribution in [1.29, 1.82) is 0 Å². The molecule has 1 saturated heterocycles. The predicted molar refractivity (Wildman–Crippen MR) is 56.9 cm³/mol. The molecule has 1 aromatic carbocycles. The summed E-state index contributed by atoms with van der Waals surface area (Å²) in [7, 11) is 0. The molecule has 5 heteroatoms. The first kappa shape index (κ1) is 12.4. The van der Waals surface area contributed by atoms with Gasteiger partial charge in [0.1, 0.15) is 5.82 Å². The van der Waals surface area contributed by atoms with E-state index in [0.29, 0.717) is 25.8 Å². The molecule has 0 radical (unpaired) electrons. The Hall–Kier alpha value is -1.07. The smallest absolute Gasteiger partial charge is 0.161 e. The molecule has 1 aliphatic heterocycles. The van der Waals surface area contributed by atoms with E-state index in [4.69, 9.17) is 4.74 Å². The molecular weight excluding hydrogens is 231 g/mol. The highest BCUT2D eigenvalue weighted by molar-refractivity contribution is 5.19. The average Bonchev–Trinajstić information content (AvgIpc) is 2.23. The van der Waals surface area contributed by atoms with Crippen LogP contribution in [0.1, 0.15) is 12.5 Å². The average molecular weight is 245 g/mol. The fourth-order valence-electron chi connectivity index (χ4n) is 1.75. The molecule has 1 heterocycles. The Bertz CT molecular complexity index is 418. The fraction of sp³-hybridized carbons (Fsp3) is 0.500. The van der Waals surface area contributed by atoms with Gasteiger partial charge in [0.05, 0.1) is 13.2 Å². The number of benzene rings is 1. The van der Waals surface area contributed by atoms with Gasteiger partial charge in [0.15, 0.2) is 11.6 Å². The van der Waals surface area contributed by atoms with Gasteiger partial charge >= 0.3 is 0 Å². The largest absolute Gasteiger partial charge is 0.380 e. The van der Waals surface area contributed by atoms with Crippen molar-refractivity contribution in [3.63, 3.8) is 0 Å². The van der Waals surface area contributed by atoms with Crippen LogP contribution in [-0.2, 0) is 11.3 Å². The molecule has 0 atom stereocenters. The Balaban J connectivity index is 1.92. The van der Waals surface area contributed by atoms with E-state index >= 15 is 0 Å². The highest BCUT2D eigenvalue weighted by atomic mass is 19.2. The summed E-state index contributed by atoms with van der Waals surface area (Å²) in [5.74, 6) is -2.92. The lowest BCUT2D eigenvalue weighted by molar-refractivity contribution is -0.0991. The summed E-state index contributed by atoms with van der Waals surface area (Å²) in [6, 6.07) is 1.46. The second-order valence-electron chi connectivity index (χ2n) is 4.76. The summed E-state index contributed by atoms with van der Waals surface area (Å²) in [5, 5.41) is 3.02. The summed E-state index contributed by atoms with van der Waals surface area (Å²) in [6.45, 7) is 4.22. The topological polar surface area (TPSA) is 21.3 Å². The van der Waals surface area contributed by atoms with Crippen LogP contribution >= 0.6 is 0 Å². The van der Waals surface area contributed by atoms with Crippen molar-refractivity contribution in [3.05, 3.63) is 35.1 Å². The van der Waals surface area contributed by atoms with Crippen LogP contribution in [0, 0.1) is 22.9 Å². The number of hydrogen-bond donors (Lipinski definition) is 1. The molecule has 0 aliphatic carbocycles. The molecule has 1 fully saturated rings. The number of halogens is 3. The summed E-state index contributed by atoms with van der Waals surface area (Å²) in [5.41, 5.74) is 0.197. The van der Waals surface area contributed by atoms with E-state index in [-0.39, 0.29) is 17.5 Å². The lowest BCUT2D eigenvalue weighted by atomic mass is 9.89. The highest BCUT2D eigenvalue weighted by Crippen LogP contribution is 2.25. The van der Waals surface area contributed by atoms with E-state index in [0.717, 1.165) is 6.07 Å². The molecule has 0 saturated carbocycles. The van der Waals surface area contributed by atoms with Crippen LogP contribution < -0.4 is 5.32 Å². The zero-order valence-electron chi connectivity index (χ0n) is 9.53. The first-order valence-electron chi connectivity index (χ1n) is 5.42. The summed E-state index contributed by atoms with van der Waals surface area (Å²) >= 11 is 0. The Labute approximate surface area is 97.8 Å². The monoisotopic (exact) mass is 245 g/mol. The summed E-state index contributed by atoms with van der Waals surface area (Å²) in [6.07, 6.45) is 0. The quantitative estimate of drug-likeness (QED) is 0.821. The van der Waals surface area contributed by atoms with E-state index in [9.17, 15) is 13.2 Å². The van der Waals surface area contributed by atoms with Crippen LogP contribution in [0.3, 0.4) is 0 Å². The molecule has 2 nitrogen and oxygen atoms in total. The Kier molecular flexibility index (Phi) is 3.40. The van der Waals surface area contributed by atoms with Crippen molar-refractivity contribution in [2.45, 2.75) is 13.5 Å². The molecule has 0 amide bonds. The third-order valence-corrected chi connectivity index (χ3v) is 2.86. The minimum Gasteiger partial charge on any atom is -0.380 e. The van der Waals surface area contributed by atoms with Crippen LogP contribution in [-0.4, -0.2) is 19.8 Å². The number of ether oxygens (including phenoxy) is 1. The first-order valence-corrected chi connectivity index (χ1v) is 5.42. The normalized spacial score (nSPS) is 17.9. The van der Waals surface area contributed by atoms with E-state index < -0.39 is 17.5 Å². The zero-order valence-corrected chi connectivity index (χ0v) is 9.53. The molecule has 0 bridgehead atoms. The van der Waals surface area contributed by atoms with Gasteiger partial charge in [0.2, 0.25) is 0 Å². The van der Waals surface area contributed by atoms with Gasteiger partial charge in [-0.2, -0.15) is 0 Å². The minimum atomic E-state index is -1.16. The molecule has 0 aromatic heterocycles. The summed E-state index contributed by atoms with van der Waals surface area (Å²) < 4.78 is 43.9. The maximum atomic E-state index is 13.3. The van der Waals surface area contributed by atoms with Crippen LogP contribution in [0.15, 0.2) is 12.1 Å². The summed E-state index contributed by atoms with van der Waals surface area (Å²) in [4.78, 5) is 0. The lowest BCUT2D eigenvalue weighted by Crippen LogP contribution is -2.47. The van der Waals surface area contributed by atoms with Gasteiger partial charge < -0.3 is 10.1 Å². The minimum absolute atomic E-state index is 0.0645. The van der Waals surface area contributed by atoms with Gasteiger partial charge in [-0.15, -0.1) is 0 Å². The van der Waals surface area contributed by atoms with Crippen LogP contribution in [0.5, 0.6) is 0 Å². The third-order valence-electron chi connectivity index (χ3n) is 2.86. The van der Waals surface area contributed by atoms with E-state index in [2.05, 4.69) is 5.32 Å². The van der Waals surface area contributed by atoms with Gasteiger partial charge in [0.25, 0.3) is 0 Å². The van der Waals surface area contributed by atoms with Gasteiger partial charge in [-0.25, -0.2) is 13.2 Å². The van der Waals surface area contributed by atoms with Crippen LogP contribution in [0.25, 0.3) is 0 Å². The van der Waals surface area contributed by atoms with E-state index in [1.807, 2.05) is 6.92 Å². The molecule has 0 spiro atoms.